The molecular weight excluding hydrogens is 297 g/mol. The molecule has 5 nitrogen and oxygen atoms in total. The average Bonchev–Trinajstić information content (AvgIpc) is 2.73. The van der Waals surface area contributed by atoms with Crippen LogP contribution in [0.2, 0.25) is 0 Å². The molecule has 0 spiro atoms. The first-order chi connectivity index (χ1) is 9.54. The number of carboxylic acids is 1. The van der Waals surface area contributed by atoms with Gasteiger partial charge in [-0.2, -0.15) is 4.31 Å². The van der Waals surface area contributed by atoms with E-state index in [9.17, 15) is 17.6 Å². The Morgan fingerprint density at radius 1 is 1.38 bits per heavy atom. The van der Waals surface area contributed by atoms with Gasteiger partial charge in [0, 0.05) is 13.1 Å². The van der Waals surface area contributed by atoms with Crippen LogP contribution in [0.25, 0.3) is 0 Å². The molecule has 1 aromatic carbocycles. The molecule has 1 fully saturated rings. The highest BCUT2D eigenvalue weighted by Gasteiger charge is 2.37. The summed E-state index contributed by atoms with van der Waals surface area (Å²) >= 11 is 0. The molecule has 7 heteroatoms. The average molecular weight is 315 g/mol. The molecule has 0 unspecified atom stereocenters. The van der Waals surface area contributed by atoms with E-state index in [1.807, 2.05) is 13.8 Å². The number of rotatable bonds is 3. The van der Waals surface area contributed by atoms with Crippen molar-refractivity contribution in [1.82, 2.24) is 4.31 Å². The number of benzene rings is 1. The monoisotopic (exact) mass is 315 g/mol. The van der Waals surface area contributed by atoms with Gasteiger partial charge in [-0.3, -0.25) is 0 Å². The van der Waals surface area contributed by atoms with E-state index in [0.29, 0.717) is 13.1 Å². The molecule has 0 aliphatic carbocycles. The number of hydrogen-bond acceptors (Lipinski definition) is 3. The Balaban J connectivity index is 2.49. The predicted molar refractivity (Wildman–Crippen MR) is 75.3 cm³/mol. The Morgan fingerprint density at radius 3 is 2.48 bits per heavy atom. The van der Waals surface area contributed by atoms with Crippen molar-refractivity contribution in [2.24, 2.45) is 5.41 Å². The van der Waals surface area contributed by atoms with Crippen LogP contribution in [0, 0.1) is 18.2 Å². The molecule has 1 N–H and O–H groups in total. The van der Waals surface area contributed by atoms with Crippen LogP contribution in [0.15, 0.2) is 17.0 Å². The normalized spacial score (nSPS) is 18.9. The van der Waals surface area contributed by atoms with E-state index < -0.39 is 27.4 Å². The first-order valence-corrected chi connectivity index (χ1v) is 8.02. The van der Waals surface area contributed by atoms with Crippen LogP contribution in [0.3, 0.4) is 0 Å². The summed E-state index contributed by atoms with van der Waals surface area (Å²) in [6.07, 6.45) is 0.734. The van der Waals surface area contributed by atoms with Gasteiger partial charge in [-0.1, -0.05) is 13.8 Å². The van der Waals surface area contributed by atoms with Crippen LogP contribution in [-0.2, 0) is 10.0 Å². The lowest BCUT2D eigenvalue weighted by molar-refractivity contribution is 0.0691. The zero-order valence-corrected chi connectivity index (χ0v) is 13.0. The lowest BCUT2D eigenvalue weighted by atomic mass is 9.93. The van der Waals surface area contributed by atoms with Gasteiger partial charge in [-0.05, 0) is 36.5 Å². The summed E-state index contributed by atoms with van der Waals surface area (Å²) in [5, 5.41) is 8.98. The summed E-state index contributed by atoms with van der Waals surface area (Å²) < 4.78 is 40.2. The van der Waals surface area contributed by atoms with Crippen molar-refractivity contribution in [1.29, 1.82) is 0 Å². The predicted octanol–water partition coefficient (Wildman–Crippen LogP) is 2.25. The molecule has 116 valence electrons. The van der Waals surface area contributed by atoms with E-state index in [1.165, 1.54) is 17.3 Å². The van der Waals surface area contributed by atoms with Crippen molar-refractivity contribution < 1.29 is 22.7 Å². The number of carbonyl (C=O) groups is 1. The Morgan fingerprint density at radius 2 is 2.00 bits per heavy atom. The van der Waals surface area contributed by atoms with Crippen LogP contribution >= 0.6 is 0 Å². The van der Waals surface area contributed by atoms with Crippen LogP contribution in [0.5, 0.6) is 0 Å². The van der Waals surface area contributed by atoms with Crippen LogP contribution in [0.1, 0.15) is 36.2 Å². The van der Waals surface area contributed by atoms with Gasteiger partial charge in [0.15, 0.2) is 0 Å². The molecular formula is C14H18FNO4S. The topological polar surface area (TPSA) is 74.7 Å². The minimum atomic E-state index is -3.80. The zero-order chi connectivity index (χ0) is 16.0. The van der Waals surface area contributed by atoms with Crippen LogP contribution < -0.4 is 0 Å². The fraction of sp³-hybridized carbons (Fsp3) is 0.500. The highest BCUT2D eigenvalue weighted by atomic mass is 32.2. The summed E-state index contributed by atoms with van der Waals surface area (Å²) in [5.41, 5.74) is -0.725. The van der Waals surface area contributed by atoms with Gasteiger partial charge < -0.3 is 5.11 Å². The molecule has 0 saturated carbocycles. The van der Waals surface area contributed by atoms with E-state index >= 15 is 0 Å². The van der Waals surface area contributed by atoms with Gasteiger partial charge in [0.2, 0.25) is 10.0 Å². The lowest BCUT2D eigenvalue weighted by Crippen LogP contribution is -2.30. The van der Waals surface area contributed by atoms with Crippen molar-refractivity contribution in [3.8, 4) is 0 Å². The Bertz CT molecular complexity index is 697. The molecule has 2 rings (SSSR count). The van der Waals surface area contributed by atoms with E-state index in [2.05, 4.69) is 0 Å². The quantitative estimate of drug-likeness (QED) is 0.928. The van der Waals surface area contributed by atoms with E-state index in [1.54, 1.807) is 0 Å². The standard InChI is InChI=1S/C14H18FNO4S/c1-9-6-10(7-11(12(9)15)13(17)18)21(19,20)16-5-4-14(2,3)8-16/h6-7H,4-5,8H2,1-3H3,(H,17,18). The summed E-state index contributed by atoms with van der Waals surface area (Å²) in [5.74, 6) is -2.38. The molecule has 1 aromatic rings. The van der Waals surface area contributed by atoms with E-state index in [4.69, 9.17) is 5.11 Å². The molecule has 0 aromatic heterocycles. The van der Waals surface area contributed by atoms with Gasteiger partial charge in [-0.15, -0.1) is 0 Å². The highest BCUT2D eigenvalue weighted by molar-refractivity contribution is 7.89. The van der Waals surface area contributed by atoms with Crippen LogP contribution in [-0.4, -0.2) is 36.9 Å². The number of sulfonamides is 1. The highest BCUT2D eigenvalue weighted by Crippen LogP contribution is 2.33. The van der Waals surface area contributed by atoms with E-state index in [0.717, 1.165) is 12.5 Å². The second kappa shape index (κ2) is 5.06. The summed E-state index contributed by atoms with van der Waals surface area (Å²) in [6.45, 7) is 6.05. The third-order valence-electron chi connectivity index (χ3n) is 3.74. The number of halogens is 1. The van der Waals surface area contributed by atoms with Gasteiger partial charge in [0.25, 0.3) is 0 Å². The third-order valence-corrected chi connectivity index (χ3v) is 5.56. The number of aromatic carboxylic acids is 1. The number of hydrogen-bond donors (Lipinski definition) is 1. The number of carboxylic acid groups (broad SMARTS) is 1. The van der Waals surface area contributed by atoms with Crippen molar-refractivity contribution in [3.63, 3.8) is 0 Å². The van der Waals surface area contributed by atoms with Crippen LogP contribution in [0.4, 0.5) is 4.39 Å². The van der Waals surface area contributed by atoms with Crippen molar-refractivity contribution >= 4 is 16.0 Å². The zero-order valence-electron chi connectivity index (χ0n) is 12.2. The fourth-order valence-electron chi connectivity index (χ4n) is 2.46. The maximum absolute atomic E-state index is 13.7. The third kappa shape index (κ3) is 2.94. The molecule has 1 heterocycles. The summed E-state index contributed by atoms with van der Waals surface area (Å²) in [7, 11) is -3.80. The minimum Gasteiger partial charge on any atom is -0.478 e. The SMILES string of the molecule is Cc1cc(S(=O)(=O)N2CCC(C)(C)C2)cc(C(=O)O)c1F. The van der Waals surface area contributed by atoms with Gasteiger partial charge in [-0.25, -0.2) is 17.6 Å². The van der Waals surface area contributed by atoms with Crippen molar-refractivity contribution in [3.05, 3.63) is 29.1 Å². The van der Waals surface area contributed by atoms with Crippen molar-refractivity contribution in [2.75, 3.05) is 13.1 Å². The van der Waals surface area contributed by atoms with Gasteiger partial charge in [0.1, 0.15) is 5.82 Å². The summed E-state index contributed by atoms with van der Waals surface area (Å²) in [4.78, 5) is 10.9. The summed E-state index contributed by atoms with van der Waals surface area (Å²) in [6, 6.07) is 2.08. The smallest absolute Gasteiger partial charge is 0.338 e. The molecule has 0 radical (unpaired) electrons. The first kappa shape index (κ1) is 15.9. The Kier molecular flexibility index (Phi) is 3.84. The Labute approximate surface area is 123 Å². The second-order valence-electron chi connectivity index (χ2n) is 6.16. The maximum atomic E-state index is 13.7. The van der Waals surface area contributed by atoms with Gasteiger partial charge >= 0.3 is 5.97 Å². The van der Waals surface area contributed by atoms with Crippen molar-refractivity contribution in [2.45, 2.75) is 32.1 Å². The molecule has 0 amide bonds. The molecule has 1 aliphatic heterocycles. The largest absolute Gasteiger partial charge is 0.478 e. The van der Waals surface area contributed by atoms with E-state index in [-0.39, 0.29) is 15.9 Å². The minimum absolute atomic E-state index is 0.00642. The lowest BCUT2D eigenvalue weighted by Gasteiger charge is -2.20. The first-order valence-electron chi connectivity index (χ1n) is 6.58. The molecule has 0 atom stereocenters. The second-order valence-corrected chi connectivity index (χ2v) is 8.10. The molecule has 0 bridgehead atoms. The van der Waals surface area contributed by atoms with Gasteiger partial charge in [0.05, 0.1) is 10.5 Å². The molecule has 1 saturated heterocycles. The molecule has 21 heavy (non-hydrogen) atoms. The Hall–Kier alpha value is -1.47. The number of nitrogens with zero attached hydrogens (tertiary/aromatic N) is 1. The molecule has 1 aliphatic rings. The number of aryl methyl sites for hydroxylation is 1. The maximum Gasteiger partial charge on any atom is 0.338 e. The fourth-order valence-corrected chi connectivity index (χ4v) is 4.20.